The zero-order chi connectivity index (χ0) is 33.5. The van der Waals surface area contributed by atoms with Gasteiger partial charge in [-0.25, -0.2) is 40.1 Å². The van der Waals surface area contributed by atoms with E-state index >= 15 is 0 Å². The number of nitrogens with zero attached hydrogens (tertiary/aromatic N) is 4. The van der Waals surface area contributed by atoms with Gasteiger partial charge in [0.2, 0.25) is 21.7 Å². The van der Waals surface area contributed by atoms with Crippen molar-refractivity contribution in [2.24, 2.45) is 7.05 Å². The molecule has 10 nitrogen and oxygen atoms in total. The van der Waals surface area contributed by atoms with Crippen LogP contribution < -0.4 is 9.64 Å². The molecule has 3 rings (SSSR count). The van der Waals surface area contributed by atoms with Crippen molar-refractivity contribution in [3.05, 3.63) is 71.1 Å². The normalized spacial score (nSPS) is 11.6. The first kappa shape index (κ1) is 35.4. The molecule has 0 spiro atoms. The zero-order valence-corrected chi connectivity index (χ0v) is 25.9. The van der Waals surface area contributed by atoms with Crippen LogP contribution in [-0.2, 0) is 33.1 Å². The highest BCUT2D eigenvalue weighted by Crippen LogP contribution is 2.31. The summed E-state index contributed by atoms with van der Waals surface area (Å²) >= 11 is 0. The lowest BCUT2D eigenvalue weighted by molar-refractivity contribution is -0.118. The summed E-state index contributed by atoms with van der Waals surface area (Å²) in [6.45, 7) is 2.95. The predicted octanol–water partition coefficient (Wildman–Crippen LogP) is 5.11. The fourth-order valence-corrected chi connectivity index (χ4v) is 5.25. The molecule has 0 atom stereocenters. The van der Waals surface area contributed by atoms with Crippen LogP contribution in [0.3, 0.4) is 0 Å². The van der Waals surface area contributed by atoms with Gasteiger partial charge < -0.3 is 18.9 Å². The number of benzene rings is 2. The molecule has 246 valence electrons. The van der Waals surface area contributed by atoms with Crippen LogP contribution in [0.15, 0.2) is 35.5 Å². The minimum Gasteiger partial charge on any atom is -0.493 e. The molecule has 1 heterocycles. The number of carbonyl (C=O) groups is 2. The molecule has 1 aromatic heterocycles. The Hall–Kier alpha value is -4.05. The van der Waals surface area contributed by atoms with Crippen molar-refractivity contribution in [3.63, 3.8) is 0 Å². The lowest BCUT2D eigenvalue weighted by atomic mass is 10.1. The molecule has 0 saturated carbocycles. The molecule has 0 bridgehead atoms. The maximum absolute atomic E-state index is 14.4. The third-order valence-corrected chi connectivity index (χ3v) is 8.52. The Morgan fingerprint density at radius 1 is 0.933 bits per heavy atom. The molecule has 0 N–H and O–H groups in total. The van der Waals surface area contributed by atoms with Crippen LogP contribution in [-0.4, -0.2) is 61.0 Å². The molecule has 3 aromatic rings. The fourth-order valence-electron chi connectivity index (χ4n) is 4.02. The smallest absolute Gasteiger partial charge is 0.341 e. The molecule has 0 aliphatic heterocycles. The van der Waals surface area contributed by atoms with Gasteiger partial charge >= 0.3 is 5.97 Å². The number of ether oxygens (including phenoxy) is 2. The summed E-state index contributed by atoms with van der Waals surface area (Å²) in [4.78, 5) is 29.6. The molecule has 45 heavy (non-hydrogen) atoms. The first-order valence-electron chi connectivity index (χ1n) is 13.9. The number of likely N-dealkylation sites (N-methyl/N-ethyl adjacent to an activating group) is 1. The predicted molar refractivity (Wildman–Crippen MR) is 152 cm³/mol. The van der Waals surface area contributed by atoms with Gasteiger partial charge in [0.1, 0.15) is 17.1 Å². The molecule has 0 radical (unpaired) electrons. The molecule has 0 saturated heterocycles. The van der Waals surface area contributed by atoms with Crippen molar-refractivity contribution in [1.82, 2.24) is 13.9 Å². The second-order valence-corrected chi connectivity index (χ2v) is 11.9. The van der Waals surface area contributed by atoms with E-state index in [1.165, 1.54) is 24.4 Å². The quantitative estimate of drug-likeness (QED) is 0.0733. The summed E-state index contributed by atoms with van der Waals surface area (Å²) in [5.74, 6) is -13.8. The molecule has 0 fully saturated rings. The van der Waals surface area contributed by atoms with Crippen LogP contribution in [0.4, 0.5) is 27.6 Å². The van der Waals surface area contributed by atoms with E-state index in [4.69, 9.17) is 9.47 Å². The third-order valence-electron chi connectivity index (χ3n) is 6.70. The number of aryl methyl sites for hydroxylation is 1. The summed E-state index contributed by atoms with van der Waals surface area (Å²) in [6, 6.07) is 4.15. The Balaban J connectivity index is 2.03. The lowest BCUT2D eigenvalue weighted by Gasteiger charge is -2.26. The summed E-state index contributed by atoms with van der Waals surface area (Å²) in [7, 11) is -3.03. The number of halogens is 5. The van der Waals surface area contributed by atoms with E-state index in [0.29, 0.717) is 18.7 Å². The van der Waals surface area contributed by atoms with Crippen molar-refractivity contribution in [2.75, 3.05) is 31.7 Å². The number of carbonyl (C=O) groups excluding carboxylic acids is 2. The van der Waals surface area contributed by atoms with Gasteiger partial charge in [-0.1, -0.05) is 26.7 Å². The van der Waals surface area contributed by atoms with Crippen LogP contribution in [0, 0.1) is 29.1 Å². The van der Waals surface area contributed by atoms with Gasteiger partial charge in [-0.05, 0) is 25.0 Å². The first-order chi connectivity index (χ1) is 21.3. The number of hydrogen-bond acceptors (Lipinski definition) is 7. The number of hydrogen-bond donors (Lipinski definition) is 0. The van der Waals surface area contributed by atoms with Gasteiger partial charge in [-0.3, -0.25) is 4.79 Å². The van der Waals surface area contributed by atoms with Crippen LogP contribution in [0.1, 0.15) is 55.7 Å². The number of rotatable bonds is 15. The Labute approximate surface area is 257 Å². The SMILES string of the molecule is CCCCOC(=O)c1ccc(N(Cc2nccn2C)C(=O)CN(C)S(=O)(=O)c2c(F)c(F)c(F)c(F)c2F)cc1OCCCC. The Morgan fingerprint density at radius 3 is 2.11 bits per heavy atom. The standard InChI is InChI=1S/C29H33F5N4O6S/c1-5-7-13-43-20-15-18(9-10-19(20)29(40)44-14-8-6-2)38(16-21-35-11-12-36(21)3)22(39)17-37(4)45(41,42)28-26(33)24(31)23(30)25(32)27(28)34/h9-12,15H,5-8,13-14,16-17H2,1-4H3. The highest BCUT2D eigenvalue weighted by molar-refractivity contribution is 7.89. The van der Waals surface area contributed by atoms with Gasteiger partial charge in [0.25, 0.3) is 0 Å². The van der Waals surface area contributed by atoms with Gasteiger partial charge in [0, 0.05) is 38.2 Å². The monoisotopic (exact) mass is 660 g/mol. The summed E-state index contributed by atoms with van der Waals surface area (Å²) in [6.07, 6.45) is 5.90. The highest BCUT2D eigenvalue weighted by Gasteiger charge is 2.37. The van der Waals surface area contributed by atoms with Gasteiger partial charge in [0.15, 0.2) is 28.2 Å². The molecular weight excluding hydrogens is 627 g/mol. The van der Waals surface area contributed by atoms with Crippen molar-refractivity contribution < 1.29 is 49.4 Å². The topological polar surface area (TPSA) is 111 Å². The highest BCUT2D eigenvalue weighted by atomic mass is 32.2. The van der Waals surface area contributed by atoms with Crippen LogP contribution in [0.25, 0.3) is 0 Å². The zero-order valence-electron chi connectivity index (χ0n) is 25.1. The summed E-state index contributed by atoms with van der Waals surface area (Å²) in [5.41, 5.74) is 0.211. The average Bonchev–Trinajstić information content (AvgIpc) is 3.41. The van der Waals surface area contributed by atoms with E-state index in [1.54, 1.807) is 17.8 Å². The molecule has 0 aliphatic carbocycles. The molecule has 1 amide bonds. The number of esters is 1. The second-order valence-electron chi connectivity index (χ2n) is 9.97. The summed E-state index contributed by atoms with van der Waals surface area (Å²) in [5, 5.41) is 0. The fraction of sp³-hybridized carbons (Fsp3) is 0.414. The number of aromatic nitrogens is 2. The van der Waals surface area contributed by atoms with Crippen molar-refractivity contribution >= 4 is 27.6 Å². The molecule has 0 unspecified atom stereocenters. The van der Waals surface area contributed by atoms with Crippen LogP contribution in [0.5, 0.6) is 5.75 Å². The number of anilines is 1. The third kappa shape index (κ3) is 7.97. The number of unbranched alkanes of at least 4 members (excludes halogenated alkanes) is 2. The number of imidazole rings is 1. The molecule has 2 aromatic carbocycles. The molecular formula is C29H33F5N4O6S. The van der Waals surface area contributed by atoms with E-state index < -0.39 is 62.4 Å². The van der Waals surface area contributed by atoms with Gasteiger partial charge in [-0.2, -0.15) is 4.31 Å². The maximum Gasteiger partial charge on any atom is 0.341 e. The lowest BCUT2D eigenvalue weighted by Crippen LogP contribution is -2.42. The van der Waals surface area contributed by atoms with Gasteiger partial charge in [-0.15, -0.1) is 0 Å². The largest absolute Gasteiger partial charge is 0.493 e. The second kappa shape index (κ2) is 15.3. The van der Waals surface area contributed by atoms with Crippen LogP contribution >= 0.6 is 0 Å². The average molecular weight is 661 g/mol. The number of sulfonamides is 1. The Morgan fingerprint density at radius 2 is 1.53 bits per heavy atom. The van der Waals surface area contributed by atoms with E-state index in [1.807, 2.05) is 13.8 Å². The van der Waals surface area contributed by atoms with Crippen LogP contribution in [0.2, 0.25) is 0 Å². The van der Waals surface area contributed by atoms with E-state index in [0.717, 1.165) is 24.8 Å². The van der Waals surface area contributed by atoms with E-state index in [-0.39, 0.29) is 41.1 Å². The summed E-state index contributed by atoms with van der Waals surface area (Å²) < 4.78 is 109. The van der Waals surface area contributed by atoms with Crippen molar-refractivity contribution in [3.8, 4) is 5.75 Å². The minimum atomic E-state index is -5.41. The Kier molecular flexibility index (Phi) is 12.0. The molecule has 0 aliphatic rings. The van der Waals surface area contributed by atoms with Crippen molar-refractivity contribution in [2.45, 2.75) is 51.0 Å². The maximum atomic E-state index is 14.4. The minimum absolute atomic E-state index is 0.0846. The van der Waals surface area contributed by atoms with E-state index in [9.17, 15) is 40.0 Å². The Bertz CT molecular complexity index is 1620. The van der Waals surface area contributed by atoms with E-state index in [2.05, 4.69) is 4.98 Å². The first-order valence-corrected chi connectivity index (χ1v) is 15.4. The number of amides is 1. The van der Waals surface area contributed by atoms with Crippen molar-refractivity contribution in [1.29, 1.82) is 0 Å². The molecule has 16 heteroatoms. The van der Waals surface area contributed by atoms with Gasteiger partial charge in [0.05, 0.1) is 26.3 Å².